The molecule has 2 N–H and O–H groups in total. The number of carbonyl (C=O) groups excluding carboxylic acids is 1. The quantitative estimate of drug-likeness (QED) is 0.839. The standard InChI is InChI=1S/C13H11F3N2O3/c1-2-3-7-4-8(13(14,15)16)5-10(9(7)6-17)18-11(19)12(20)21/h4-5H,2-3H2,1H3,(H,18,19)(H,20,21). The van der Waals surface area contributed by atoms with Crippen molar-refractivity contribution in [1.82, 2.24) is 0 Å². The van der Waals surface area contributed by atoms with Gasteiger partial charge in [0.15, 0.2) is 0 Å². The molecule has 0 aromatic heterocycles. The van der Waals surface area contributed by atoms with Crippen LogP contribution in [-0.2, 0) is 22.2 Å². The molecule has 0 aliphatic heterocycles. The number of aryl methyl sites for hydroxylation is 1. The molecule has 0 saturated heterocycles. The second-order valence-corrected chi connectivity index (χ2v) is 4.18. The number of aliphatic carboxylic acids is 1. The number of halogens is 3. The normalized spacial score (nSPS) is 10.8. The van der Waals surface area contributed by atoms with Gasteiger partial charge in [-0.1, -0.05) is 13.3 Å². The van der Waals surface area contributed by atoms with Crippen LogP contribution < -0.4 is 5.32 Å². The molecule has 1 amide bonds. The second kappa shape index (κ2) is 6.26. The number of nitrogens with zero attached hydrogens (tertiary/aromatic N) is 1. The average Bonchev–Trinajstić information content (AvgIpc) is 2.37. The first kappa shape index (κ1) is 16.5. The molecule has 0 aliphatic carbocycles. The summed E-state index contributed by atoms with van der Waals surface area (Å²) >= 11 is 0. The Morgan fingerprint density at radius 1 is 1.38 bits per heavy atom. The lowest BCUT2D eigenvalue weighted by atomic mass is 9.98. The van der Waals surface area contributed by atoms with E-state index in [0.29, 0.717) is 12.5 Å². The average molecular weight is 300 g/mol. The van der Waals surface area contributed by atoms with Crippen molar-refractivity contribution in [2.75, 3.05) is 5.32 Å². The van der Waals surface area contributed by atoms with Crippen molar-refractivity contribution < 1.29 is 27.9 Å². The maximum absolute atomic E-state index is 12.8. The minimum Gasteiger partial charge on any atom is -0.474 e. The van der Waals surface area contributed by atoms with Gasteiger partial charge >= 0.3 is 18.1 Å². The largest absolute Gasteiger partial charge is 0.474 e. The van der Waals surface area contributed by atoms with Crippen LogP contribution in [0.1, 0.15) is 30.0 Å². The molecule has 1 aromatic carbocycles. The zero-order chi connectivity index (χ0) is 16.2. The summed E-state index contributed by atoms with van der Waals surface area (Å²) in [6, 6.07) is 3.08. The lowest BCUT2D eigenvalue weighted by Crippen LogP contribution is -2.23. The highest BCUT2D eigenvalue weighted by Gasteiger charge is 2.32. The van der Waals surface area contributed by atoms with Gasteiger partial charge in [0.05, 0.1) is 16.8 Å². The van der Waals surface area contributed by atoms with Gasteiger partial charge in [-0.15, -0.1) is 0 Å². The number of nitriles is 1. The summed E-state index contributed by atoms with van der Waals surface area (Å²) in [5, 5.41) is 19.3. The molecule has 0 unspecified atom stereocenters. The number of benzene rings is 1. The van der Waals surface area contributed by atoms with Crippen molar-refractivity contribution in [2.24, 2.45) is 0 Å². The number of carboxylic acid groups (broad SMARTS) is 1. The summed E-state index contributed by atoms with van der Waals surface area (Å²) in [5.74, 6) is -3.36. The molecule has 0 saturated carbocycles. The monoisotopic (exact) mass is 300 g/mol. The summed E-state index contributed by atoms with van der Waals surface area (Å²) < 4.78 is 38.4. The van der Waals surface area contributed by atoms with Gasteiger partial charge in [-0.3, -0.25) is 4.79 Å². The summed E-state index contributed by atoms with van der Waals surface area (Å²) in [6.07, 6.45) is -3.98. The fourth-order valence-corrected chi connectivity index (χ4v) is 1.74. The van der Waals surface area contributed by atoms with Crippen molar-refractivity contribution in [3.8, 4) is 6.07 Å². The van der Waals surface area contributed by atoms with E-state index >= 15 is 0 Å². The molecule has 8 heteroatoms. The number of carbonyl (C=O) groups is 2. The van der Waals surface area contributed by atoms with Crippen molar-refractivity contribution in [3.63, 3.8) is 0 Å². The summed E-state index contributed by atoms with van der Waals surface area (Å²) in [6.45, 7) is 1.72. The maximum Gasteiger partial charge on any atom is 0.416 e. The number of hydrogen-bond donors (Lipinski definition) is 2. The van der Waals surface area contributed by atoms with E-state index in [4.69, 9.17) is 10.4 Å². The first-order valence-corrected chi connectivity index (χ1v) is 5.89. The Hall–Kier alpha value is -2.56. The zero-order valence-electron chi connectivity index (χ0n) is 10.9. The molecular weight excluding hydrogens is 289 g/mol. The highest BCUT2D eigenvalue weighted by atomic mass is 19.4. The zero-order valence-corrected chi connectivity index (χ0v) is 10.9. The second-order valence-electron chi connectivity index (χ2n) is 4.18. The first-order chi connectivity index (χ1) is 9.70. The number of alkyl halides is 3. The Labute approximate surface area is 118 Å². The molecule has 1 rings (SSSR count). The third-order valence-corrected chi connectivity index (χ3v) is 2.62. The molecule has 5 nitrogen and oxygen atoms in total. The maximum atomic E-state index is 12.8. The van der Waals surface area contributed by atoms with Crippen LogP contribution in [0.15, 0.2) is 12.1 Å². The highest BCUT2D eigenvalue weighted by molar-refractivity contribution is 6.36. The fourth-order valence-electron chi connectivity index (χ4n) is 1.74. The number of hydrogen-bond acceptors (Lipinski definition) is 3. The molecule has 0 radical (unpaired) electrons. The van der Waals surface area contributed by atoms with Gasteiger partial charge in [0, 0.05) is 0 Å². The molecule has 0 fully saturated rings. The number of carboxylic acids is 1. The minimum absolute atomic E-state index is 0.107. The lowest BCUT2D eigenvalue weighted by molar-refractivity contribution is -0.147. The molecule has 21 heavy (non-hydrogen) atoms. The predicted molar refractivity (Wildman–Crippen MR) is 66.4 cm³/mol. The summed E-state index contributed by atoms with van der Waals surface area (Å²) in [4.78, 5) is 21.6. The van der Waals surface area contributed by atoms with Crippen molar-refractivity contribution >= 4 is 17.6 Å². The Morgan fingerprint density at radius 3 is 2.43 bits per heavy atom. The van der Waals surface area contributed by atoms with Gasteiger partial charge < -0.3 is 10.4 Å². The predicted octanol–water partition coefficient (Wildman–Crippen LogP) is 2.55. The Balaban J connectivity index is 3.44. The van der Waals surface area contributed by atoms with Crippen LogP contribution in [-0.4, -0.2) is 17.0 Å². The van der Waals surface area contributed by atoms with Crippen molar-refractivity contribution in [1.29, 1.82) is 5.26 Å². The highest BCUT2D eigenvalue weighted by Crippen LogP contribution is 2.34. The van der Waals surface area contributed by atoms with Gasteiger partial charge in [-0.25, -0.2) is 4.79 Å². The van der Waals surface area contributed by atoms with E-state index in [9.17, 15) is 22.8 Å². The van der Waals surface area contributed by atoms with Gasteiger partial charge in [0.1, 0.15) is 6.07 Å². The van der Waals surface area contributed by atoms with Crippen LogP contribution >= 0.6 is 0 Å². The SMILES string of the molecule is CCCc1cc(C(F)(F)F)cc(NC(=O)C(=O)O)c1C#N. The summed E-state index contributed by atoms with van der Waals surface area (Å²) in [7, 11) is 0. The third-order valence-electron chi connectivity index (χ3n) is 2.62. The molecule has 0 atom stereocenters. The number of anilines is 1. The first-order valence-electron chi connectivity index (χ1n) is 5.89. The fraction of sp³-hybridized carbons (Fsp3) is 0.308. The van der Waals surface area contributed by atoms with Crippen LogP contribution in [0.25, 0.3) is 0 Å². The van der Waals surface area contributed by atoms with Crippen LogP contribution in [0.3, 0.4) is 0 Å². The molecule has 0 aliphatic rings. The van der Waals surface area contributed by atoms with Crippen molar-refractivity contribution in [3.05, 3.63) is 28.8 Å². The Kier molecular flexibility index (Phi) is 4.92. The number of amides is 1. The summed E-state index contributed by atoms with van der Waals surface area (Å²) in [5.41, 5.74) is -1.57. The Morgan fingerprint density at radius 2 is 2.00 bits per heavy atom. The molecular formula is C13H11F3N2O3. The van der Waals surface area contributed by atoms with Crippen molar-refractivity contribution in [2.45, 2.75) is 25.9 Å². The van der Waals surface area contributed by atoms with Crippen LogP contribution in [0.5, 0.6) is 0 Å². The Bertz CT molecular complexity index is 618. The minimum atomic E-state index is -4.67. The topological polar surface area (TPSA) is 90.2 Å². The van der Waals surface area contributed by atoms with E-state index in [1.54, 1.807) is 13.0 Å². The molecule has 0 bridgehead atoms. The van der Waals surface area contributed by atoms with Gasteiger partial charge in [0.2, 0.25) is 0 Å². The number of nitrogens with one attached hydrogen (secondary N) is 1. The van der Waals surface area contributed by atoms with E-state index in [1.807, 2.05) is 5.32 Å². The lowest BCUT2D eigenvalue weighted by Gasteiger charge is -2.14. The van der Waals surface area contributed by atoms with Crippen LogP contribution in [0.2, 0.25) is 0 Å². The third kappa shape index (κ3) is 3.95. The van der Waals surface area contributed by atoms with E-state index in [-0.39, 0.29) is 17.5 Å². The van der Waals surface area contributed by atoms with E-state index in [1.165, 1.54) is 0 Å². The molecule has 1 aromatic rings. The van der Waals surface area contributed by atoms with Gasteiger partial charge in [0.25, 0.3) is 0 Å². The van der Waals surface area contributed by atoms with E-state index < -0.39 is 29.3 Å². The molecule has 0 heterocycles. The van der Waals surface area contributed by atoms with Crippen LogP contribution in [0, 0.1) is 11.3 Å². The number of rotatable bonds is 3. The van der Waals surface area contributed by atoms with E-state index in [0.717, 1.165) is 6.07 Å². The molecule has 0 spiro atoms. The van der Waals surface area contributed by atoms with Gasteiger partial charge in [-0.2, -0.15) is 18.4 Å². The van der Waals surface area contributed by atoms with E-state index in [2.05, 4.69) is 0 Å². The van der Waals surface area contributed by atoms with Gasteiger partial charge in [-0.05, 0) is 24.1 Å². The van der Waals surface area contributed by atoms with Crippen LogP contribution in [0.4, 0.5) is 18.9 Å². The molecule has 112 valence electrons. The smallest absolute Gasteiger partial charge is 0.416 e.